The van der Waals surface area contributed by atoms with E-state index in [1.165, 1.54) is 0 Å². The van der Waals surface area contributed by atoms with E-state index in [0.717, 1.165) is 5.56 Å². The summed E-state index contributed by atoms with van der Waals surface area (Å²) in [5.41, 5.74) is 1.04. The molecule has 0 radical (unpaired) electrons. The maximum atomic E-state index is 12.0. The zero-order valence-corrected chi connectivity index (χ0v) is 11.9. The van der Waals surface area contributed by atoms with Crippen LogP contribution in [0.25, 0.3) is 0 Å². The lowest BCUT2D eigenvalue weighted by atomic mass is 10.1. The Labute approximate surface area is 117 Å². The molecule has 2 unspecified atom stereocenters. The molecule has 2 atom stereocenters. The summed E-state index contributed by atoms with van der Waals surface area (Å²) < 4.78 is 36.1. The van der Waals surface area contributed by atoms with Gasteiger partial charge in [-0.05, 0) is 44.4 Å². The van der Waals surface area contributed by atoms with Crippen LogP contribution >= 0.6 is 11.6 Å². The molecule has 108 valence electrons. The number of hydrogen-bond donors (Lipinski definition) is 1. The Hall–Kier alpha value is -0.740. The summed E-state index contributed by atoms with van der Waals surface area (Å²) in [6.07, 6.45) is -4.12. The highest BCUT2D eigenvalue weighted by atomic mass is 35.5. The maximum Gasteiger partial charge on any atom is 0.389 e. The Morgan fingerprint density at radius 2 is 1.95 bits per heavy atom. The molecule has 0 aliphatic heterocycles. The summed E-state index contributed by atoms with van der Waals surface area (Å²) in [4.78, 5) is 0. The minimum atomic E-state index is -4.06. The van der Waals surface area contributed by atoms with Crippen LogP contribution in [0.2, 0.25) is 5.02 Å². The molecule has 19 heavy (non-hydrogen) atoms. The number of hydrogen-bond acceptors (Lipinski definition) is 1. The molecule has 1 aromatic carbocycles. The molecule has 0 aliphatic carbocycles. The average Bonchev–Trinajstić information content (AvgIpc) is 2.27. The molecule has 1 rings (SSSR count). The first kappa shape index (κ1) is 16.3. The maximum absolute atomic E-state index is 12.0. The quantitative estimate of drug-likeness (QED) is 0.768. The van der Waals surface area contributed by atoms with E-state index in [4.69, 9.17) is 11.6 Å². The van der Waals surface area contributed by atoms with Crippen molar-refractivity contribution in [1.29, 1.82) is 0 Å². The van der Waals surface area contributed by atoms with E-state index in [1.807, 2.05) is 32.0 Å². The highest BCUT2D eigenvalue weighted by Crippen LogP contribution is 2.23. The highest BCUT2D eigenvalue weighted by molar-refractivity contribution is 6.30. The molecule has 0 spiro atoms. The van der Waals surface area contributed by atoms with Gasteiger partial charge in [-0.3, -0.25) is 0 Å². The first-order valence-corrected chi connectivity index (χ1v) is 6.74. The number of benzene rings is 1. The van der Waals surface area contributed by atoms with Crippen LogP contribution in [0.4, 0.5) is 13.2 Å². The molecule has 0 bridgehead atoms. The van der Waals surface area contributed by atoms with E-state index in [2.05, 4.69) is 5.32 Å². The predicted octanol–water partition coefficient (Wildman–Crippen LogP) is 5.11. The zero-order valence-electron chi connectivity index (χ0n) is 11.1. The molecule has 1 nitrogen and oxygen atoms in total. The van der Waals surface area contributed by atoms with E-state index in [1.54, 1.807) is 6.07 Å². The summed E-state index contributed by atoms with van der Waals surface area (Å²) in [5.74, 6) is 0. The van der Waals surface area contributed by atoms with Crippen molar-refractivity contribution in [2.45, 2.75) is 51.4 Å². The van der Waals surface area contributed by atoms with Gasteiger partial charge in [0, 0.05) is 23.5 Å². The molecule has 0 aromatic heterocycles. The van der Waals surface area contributed by atoms with Gasteiger partial charge in [-0.1, -0.05) is 23.7 Å². The minimum absolute atomic E-state index is 0.0383. The van der Waals surface area contributed by atoms with Crippen LogP contribution in [0.5, 0.6) is 0 Å². The summed E-state index contributed by atoms with van der Waals surface area (Å²) >= 11 is 5.91. The molecule has 0 aliphatic rings. The Bertz CT molecular complexity index is 393. The standard InChI is InChI=1S/C14H19ClF3N/c1-10(5-4-8-14(16,17)18)19-11(2)12-6-3-7-13(15)9-12/h3,6-7,9-11,19H,4-5,8H2,1-2H3. The lowest BCUT2D eigenvalue weighted by Gasteiger charge is -2.20. The van der Waals surface area contributed by atoms with Gasteiger partial charge in [0.25, 0.3) is 0 Å². The summed E-state index contributed by atoms with van der Waals surface area (Å²) in [7, 11) is 0. The zero-order chi connectivity index (χ0) is 14.5. The molecule has 0 amide bonds. The van der Waals surface area contributed by atoms with Crippen molar-refractivity contribution in [1.82, 2.24) is 5.32 Å². The summed E-state index contributed by atoms with van der Waals surface area (Å²) in [6.45, 7) is 3.88. The normalized spacial score (nSPS) is 15.3. The summed E-state index contributed by atoms with van der Waals surface area (Å²) in [6, 6.07) is 7.58. The van der Waals surface area contributed by atoms with Crippen LogP contribution in [0.15, 0.2) is 24.3 Å². The van der Waals surface area contributed by atoms with Crippen molar-refractivity contribution in [3.05, 3.63) is 34.9 Å². The lowest BCUT2D eigenvalue weighted by molar-refractivity contribution is -0.135. The van der Waals surface area contributed by atoms with Gasteiger partial charge in [-0.2, -0.15) is 13.2 Å². The van der Waals surface area contributed by atoms with Crippen LogP contribution in [0, 0.1) is 0 Å². The Kier molecular flexibility index (Phi) is 6.14. The molecule has 0 saturated carbocycles. The molecule has 0 heterocycles. The van der Waals surface area contributed by atoms with Crippen molar-refractivity contribution >= 4 is 11.6 Å². The Morgan fingerprint density at radius 1 is 1.26 bits per heavy atom. The number of alkyl halides is 3. The van der Waals surface area contributed by atoms with Gasteiger partial charge in [-0.15, -0.1) is 0 Å². The second-order valence-electron chi connectivity index (χ2n) is 4.85. The minimum Gasteiger partial charge on any atom is -0.308 e. The second kappa shape index (κ2) is 7.15. The third-order valence-electron chi connectivity index (χ3n) is 2.98. The largest absolute Gasteiger partial charge is 0.389 e. The second-order valence-corrected chi connectivity index (χ2v) is 5.29. The van der Waals surface area contributed by atoms with Crippen LogP contribution in [-0.2, 0) is 0 Å². The van der Waals surface area contributed by atoms with Gasteiger partial charge in [0.2, 0.25) is 0 Å². The number of rotatable bonds is 6. The predicted molar refractivity (Wildman–Crippen MR) is 72.4 cm³/mol. The SMILES string of the molecule is CC(CCCC(F)(F)F)NC(C)c1cccc(Cl)c1. The fourth-order valence-corrected chi connectivity index (χ4v) is 2.19. The van der Waals surface area contributed by atoms with Gasteiger partial charge >= 0.3 is 6.18 Å². The molecule has 5 heteroatoms. The third kappa shape index (κ3) is 6.83. The fourth-order valence-electron chi connectivity index (χ4n) is 1.99. The van der Waals surface area contributed by atoms with Gasteiger partial charge < -0.3 is 5.32 Å². The van der Waals surface area contributed by atoms with Crippen molar-refractivity contribution in [2.24, 2.45) is 0 Å². The highest BCUT2D eigenvalue weighted by Gasteiger charge is 2.26. The monoisotopic (exact) mass is 293 g/mol. The van der Waals surface area contributed by atoms with E-state index in [0.29, 0.717) is 11.4 Å². The molecule has 1 N–H and O–H groups in total. The molecule has 1 aromatic rings. The molecule has 0 saturated heterocycles. The van der Waals surface area contributed by atoms with E-state index >= 15 is 0 Å². The van der Waals surface area contributed by atoms with Crippen LogP contribution in [0.3, 0.4) is 0 Å². The van der Waals surface area contributed by atoms with E-state index < -0.39 is 12.6 Å². The average molecular weight is 294 g/mol. The first-order valence-electron chi connectivity index (χ1n) is 6.36. The van der Waals surface area contributed by atoms with Crippen LogP contribution < -0.4 is 5.32 Å². The van der Waals surface area contributed by atoms with Crippen LogP contribution in [-0.4, -0.2) is 12.2 Å². The van der Waals surface area contributed by atoms with Gasteiger partial charge in [0.1, 0.15) is 0 Å². The van der Waals surface area contributed by atoms with Crippen molar-refractivity contribution in [2.75, 3.05) is 0 Å². The fraction of sp³-hybridized carbons (Fsp3) is 0.571. The third-order valence-corrected chi connectivity index (χ3v) is 3.22. The van der Waals surface area contributed by atoms with Gasteiger partial charge in [0.15, 0.2) is 0 Å². The van der Waals surface area contributed by atoms with Crippen molar-refractivity contribution in [3.63, 3.8) is 0 Å². The van der Waals surface area contributed by atoms with Gasteiger partial charge in [0.05, 0.1) is 0 Å². The van der Waals surface area contributed by atoms with E-state index in [9.17, 15) is 13.2 Å². The molecule has 0 fully saturated rings. The van der Waals surface area contributed by atoms with Gasteiger partial charge in [-0.25, -0.2) is 0 Å². The number of halogens is 4. The van der Waals surface area contributed by atoms with E-state index in [-0.39, 0.29) is 18.5 Å². The Balaban J connectivity index is 2.38. The summed E-state index contributed by atoms with van der Waals surface area (Å²) in [5, 5.41) is 3.95. The molecular weight excluding hydrogens is 275 g/mol. The van der Waals surface area contributed by atoms with Crippen molar-refractivity contribution in [3.8, 4) is 0 Å². The smallest absolute Gasteiger partial charge is 0.308 e. The lowest BCUT2D eigenvalue weighted by Crippen LogP contribution is -2.29. The number of nitrogens with one attached hydrogen (secondary N) is 1. The topological polar surface area (TPSA) is 12.0 Å². The Morgan fingerprint density at radius 3 is 2.53 bits per heavy atom. The van der Waals surface area contributed by atoms with Crippen LogP contribution in [0.1, 0.15) is 44.7 Å². The van der Waals surface area contributed by atoms with Crippen molar-refractivity contribution < 1.29 is 13.2 Å². The first-order chi connectivity index (χ1) is 8.78. The molecular formula is C14H19ClF3N.